The molecule has 0 saturated carbocycles. The first-order valence-electron chi connectivity index (χ1n) is 3.33. The Bertz CT molecular complexity index is 145. The maximum absolute atomic E-state index is 10.5. The number of ether oxygens (including phenoxy) is 1. The van der Waals surface area contributed by atoms with Gasteiger partial charge < -0.3 is 9.84 Å². The zero-order valence-corrected chi connectivity index (χ0v) is 6.70. The molecule has 0 rings (SSSR count). The van der Waals surface area contributed by atoms with Crippen molar-refractivity contribution in [1.29, 1.82) is 0 Å². The van der Waals surface area contributed by atoms with Gasteiger partial charge in [0, 0.05) is 6.08 Å². The average molecular weight is 159 g/mol. The normalized spacial score (nSPS) is 15.2. The lowest BCUT2D eigenvalue weighted by Crippen LogP contribution is -2.37. The molecule has 64 valence electrons. The highest BCUT2D eigenvalue weighted by molar-refractivity contribution is 5.81. The smallest absolute Gasteiger partial charge is 0.331 e. The molecular formula is C7H13NO3. The van der Waals surface area contributed by atoms with E-state index in [-0.39, 0.29) is 0 Å². The molecule has 0 bridgehead atoms. The second-order valence-electron chi connectivity index (χ2n) is 2.13. The molecule has 2 unspecified atom stereocenters. The van der Waals surface area contributed by atoms with E-state index in [0.29, 0.717) is 0 Å². The molecule has 0 fully saturated rings. The first-order chi connectivity index (χ1) is 5.06. The van der Waals surface area contributed by atoms with Gasteiger partial charge in [-0.05, 0) is 13.8 Å². The Morgan fingerprint density at radius 1 is 1.73 bits per heavy atom. The number of carbonyl (C=O) groups excluding carboxylic acids is 1. The molecule has 0 aromatic heterocycles. The van der Waals surface area contributed by atoms with Crippen molar-refractivity contribution in [2.24, 2.45) is 0 Å². The predicted molar refractivity (Wildman–Crippen MR) is 40.6 cm³/mol. The van der Waals surface area contributed by atoms with Gasteiger partial charge in [0.2, 0.25) is 0 Å². The van der Waals surface area contributed by atoms with E-state index >= 15 is 0 Å². The summed E-state index contributed by atoms with van der Waals surface area (Å²) >= 11 is 0. The van der Waals surface area contributed by atoms with E-state index in [1.54, 1.807) is 6.92 Å². The molecular weight excluding hydrogens is 146 g/mol. The molecule has 2 N–H and O–H groups in total. The first-order valence-corrected chi connectivity index (χ1v) is 3.33. The Morgan fingerprint density at radius 2 is 2.27 bits per heavy atom. The maximum Gasteiger partial charge on any atom is 0.331 e. The molecule has 0 saturated heterocycles. The number of hydrogen-bond acceptors (Lipinski definition) is 4. The van der Waals surface area contributed by atoms with Gasteiger partial charge in [-0.3, -0.25) is 5.32 Å². The largest absolute Gasteiger partial charge is 0.444 e. The monoisotopic (exact) mass is 159 g/mol. The van der Waals surface area contributed by atoms with Crippen LogP contribution >= 0.6 is 0 Å². The molecule has 0 spiro atoms. The van der Waals surface area contributed by atoms with Crippen LogP contribution in [0.15, 0.2) is 12.7 Å². The number of aliphatic hydroxyl groups excluding tert-OH is 1. The van der Waals surface area contributed by atoms with E-state index in [1.807, 2.05) is 0 Å². The molecule has 0 aliphatic rings. The van der Waals surface area contributed by atoms with E-state index in [2.05, 4.69) is 16.6 Å². The highest BCUT2D eigenvalue weighted by Crippen LogP contribution is 1.88. The summed E-state index contributed by atoms with van der Waals surface area (Å²) in [6.45, 7) is 6.39. The lowest BCUT2D eigenvalue weighted by molar-refractivity contribution is -0.145. The van der Waals surface area contributed by atoms with E-state index in [0.717, 1.165) is 6.08 Å². The van der Waals surface area contributed by atoms with Crippen LogP contribution in [0.1, 0.15) is 13.8 Å². The topological polar surface area (TPSA) is 58.6 Å². The van der Waals surface area contributed by atoms with Gasteiger partial charge in [-0.1, -0.05) is 6.58 Å². The summed E-state index contributed by atoms with van der Waals surface area (Å²) < 4.78 is 4.68. The van der Waals surface area contributed by atoms with E-state index in [4.69, 9.17) is 5.11 Å². The van der Waals surface area contributed by atoms with E-state index in [9.17, 15) is 4.79 Å². The minimum Gasteiger partial charge on any atom is -0.444 e. The zero-order valence-electron chi connectivity index (χ0n) is 6.70. The highest BCUT2D eigenvalue weighted by atomic mass is 16.6. The van der Waals surface area contributed by atoms with Gasteiger partial charge in [-0.15, -0.1) is 0 Å². The minimum atomic E-state index is -0.692. The fraction of sp³-hybridized carbons (Fsp3) is 0.571. The fourth-order valence-corrected chi connectivity index (χ4v) is 0.596. The van der Waals surface area contributed by atoms with Crippen LogP contribution in [-0.4, -0.2) is 23.5 Å². The van der Waals surface area contributed by atoms with Crippen LogP contribution in [0.4, 0.5) is 0 Å². The third kappa shape index (κ3) is 5.57. The highest BCUT2D eigenvalue weighted by Gasteiger charge is 2.06. The van der Waals surface area contributed by atoms with Crippen LogP contribution in [-0.2, 0) is 9.53 Å². The van der Waals surface area contributed by atoms with Gasteiger partial charge in [0.15, 0.2) is 6.23 Å². The van der Waals surface area contributed by atoms with Gasteiger partial charge in [0.25, 0.3) is 0 Å². The number of esters is 1. The average Bonchev–Trinajstić information content (AvgIpc) is 1.85. The summed E-state index contributed by atoms with van der Waals surface area (Å²) in [6, 6.07) is 0. The quantitative estimate of drug-likeness (QED) is 0.344. The summed E-state index contributed by atoms with van der Waals surface area (Å²) in [7, 11) is 0. The summed E-state index contributed by atoms with van der Waals surface area (Å²) in [5.41, 5.74) is 0. The number of nitrogens with one attached hydrogen (secondary N) is 1. The van der Waals surface area contributed by atoms with Crippen molar-refractivity contribution in [3.8, 4) is 0 Å². The Kier molecular flexibility index (Phi) is 4.49. The number of rotatable bonds is 4. The summed E-state index contributed by atoms with van der Waals surface area (Å²) in [6.07, 6.45) is -0.122. The molecule has 11 heavy (non-hydrogen) atoms. The molecule has 0 radical (unpaired) electrons. The molecule has 0 heterocycles. The summed E-state index contributed by atoms with van der Waals surface area (Å²) in [5.74, 6) is -0.509. The standard InChI is InChI=1S/C7H13NO3/c1-4-7(10)11-6(3)8-5(2)9/h4-6,8-9H,1H2,2-3H3. The second kappa shape index (κ2) is 4.87. The Labute approximate surface area is 65.9 Å². The van der Waals surface area contributed by atoms with Gasteiger partial charge in [0.1, 0.15) is 6.23 Å². The molecule has 0 aromatic carbocycles. The maximum atomic E-state index is 10.5. The van der Waals surface area contributed by atoms with Crippen molar-refractivity contribution < 1.29 is 14.6 Å². The van der Waals surface area contributed by atoms with Crippen LogP contribution in [0.3, 0.4) is 0 Å². The summed E-state index contributed by atoms with van der Waals surface area (Å²) in [5, 5.41) is 11.4. The number of hydrogen-bond donors (Lipinski definition) is 2. The lowest BCUT2D eigenvalue weighted by Gasteiger charge is -2.15. The van der Waals surface area contributed by atoms with Crippen LogP contribution in [0.5, 0.6) is 0 Å². The third-order valence-corrected chi connectivity index (χ3v) is 0.936. The summed E-state index contributed by atoms with van der Waals surface area (Å²) in [4.78, 5) is 10.5. The van der Waals surface area contributed by atoms with E-state index < -0.39 is 18.4 Å². The minimum absolute atomic E-state index is 0.500. The number of aliphatic hydroxyl groups is 1. The molecule has 0 aliphatic heterocycles. The van der Waals surface area contributed by atoms with Crippen LogP contribution in [0.25, 0.3) is 0 Å². The molecule has 0 aliphatic carbocycles. The van der Waals surface area contributed by atoms with E-state index in [1.165, 1.54) is 6.92 Å². The molecule has 0 amide bonds. The molecule has 4 nitrogen and oxygen atoms in total. The van der Waals surface area contributed by atoms with Crippen molar-refractivity contribution in [1.82, 2.24) is 5.32 Å². The molecule has 4 heteroatoms. The van der Waals surface area contributed by atoms with Gasteiger partial charge >= 0.3 is 5.97 Å². The Hall–Kier alpha value is -0.870. The van der Waals surface area contributed by atoms with Crippen LogP contribution < -0.4 is 5.32 Å². The SMILES string of the molecule is C=CC(=O)OC(C)NC(C)O. The van der Waals surface area contributed by atoms with Crippen molar-refractivity contribution in [3.05, 3.63) is 12.7 Å². The van der Waals surface area contributed by atoms with Crippen LogP contribution in [0, 0.1) is 0 Å². The predicted octanol–water partition coefficient (Wildman–Crippen LogP) is -0.0105. The molecule has 2 atom stereocenters. The molecule has 0 aromatic rings. The first kappa shape index (κ1) is 10.1. The number of carbonyl (C=O) groups is 1. The Morgan fingerprint density at radius 3 is 2.64 bits per heavy atom. The van der Waals surface area contributed by atoms with Gasteiger partial charge in [-0.25, -0.2) is 4.79 Å². The lowest BCUT2D eigenvalue weighted by atomic mass is 10.5. The zero-order chi connectivity index (χ0) is 8.85. The van der Waals surface area contributed by atoms with Gasteiger partial charge in [-0.2, -0.15) is 0 Å². The van der Waals surface area contributed by atoms with Crippen molar-refractivity contribution in [2.45, 2.75) is 26.3 Å². The van der Waals surface area contributed by atoms with Crippen molar-refractivity contribution in [3.63, 3.8) is 0 Å². The third-order valence-electron chi connectivity index (χ3n) is 0.936. The van der Waals surface area contributed by atoms with Crippen LogP contribution in [0.2, 0.25) is 0 Å². The van der Waals surface area contributed by atoms with Crippen molar-refractivity contribution >= 4 is 5.97 Å². The Balaban J connectivity index is 3.59. The second-order valence-corrected chi connectivity index (χ2v) is 2.13. The van der Waals surface area contributed by atoms with Crippen molar-refractivity contribution in [2.75, 3.05) is 0 Å². The van der Waals surface area contributed by atoms with Gasteiger partial charge in [0.05, 0.1) is 0 Å². The fourth-order valence-electron chi connectivity index (χ4n) is 0.596.